The van der Waals surface area contributed by atoms with E-state index >= 15 is 0 Å². The highest BCUT2D eigenvalue weighted by Crippen LogP contribution is 2.27. The van der Waals surface area contributed by atoms with Crippen molar-refractivity contribution in [3.05, 3.63) is 22.8 Å². The number of likely N-dealkylation sites (N-methyl/N-ethyl adjacent to an activating group) is 1. The number of rotatable bonds is 3. The monoisotopic (exact) mass is 272 g/mol. The summed E-state index contributed by atoms with van der Waals surface area (Å²) in [4.78, 5) is 16.8. The molecule has 1 rings (SSSR count). The van der Waals surface area contributed by atoms with E-state index < -0.39 is 11.5 Å². The highest BCUT2D eigenvalue weighted by atomic mass is 79.9. The van der Waals surface area contributed by atoms with Crippen LogP contribution >= 0.6 is 15.9 Å². The van der Waals surface area contributed by atoms with Crippen LogP contribution in [0.3, 0.4) is 0 Å². The van der Waals surface area contributed by atoms with Crippen LogP contribution in [-0.4, -0.2) is 28.6 Å². The number of aromatic nitrogens is 1. The molecule has 0 fully saturated rings. The molecule has 0 aliphatic rings. The predicted octanol–water partition coefficient (Wildman–Crippen LogP) is 2.14. The van der Waals surface area contributed by atoms with Gasteiger partial charge in [0.1, 0.15) is 11.4 Å². The molecule has 0 radical (unpaired) electrons. The minimum Gasteiger partial charge on any atom is -0.480 e. The van der Waals surface area contributed by atoms with E-state index in [2.05, 4.69) is 20.9 Å². The summed E-state index contributed by atoms with van der Waals surface area (Å²) in [6.07, 6.45) is 1.63. The van der Waals surface area contributed by atoms with Crippen LogP contribution in [-0.2, 0) is 4.79 Å². The zero-order valence-corrected chi connectivity index (χ0v) is 10.4. The Morgan fingerprint density at radius 1 is 1.60 bits per heavy atom. The minimum atomic E-state index is -0.989. The average molecular weight is 273 g/mol. The molecule has 0 aliphatic carbocycles. The summed E-state index contributed by atoms with van der Waals surface area (Å²) in [5.74, 6) is -0.271. The molecule has 0 bridgehead atoms. The van der Waals surface area contributed by atoms with Crippen molar-refractivity contribution in [2.45, 2.75) is 19.4 Å². The van der Waals surface area contributed by atoms with Gasteiger partial charge >= 0.3 is 5.97 Å². The summed E-state index contributed by atoms with van der Waals surface area (Å²) in [5.41, 5.74) is -0.989. The highest BCUT2D eigenvalue weighted by Gasteiger charge is 2.33. The van der Waals surface area contributed by atoms with Gasteiger partial charge in [-0.1, -0.05) is 0 Å². The minimum absolute atomic E-state index is 0.616. The summed E-state index contributed by atoms with van der Waals surface area (Å²) in [7, 11) is 1.71. The van der Waals surface area contributed by atoms with Crippen molar-refractivity contribution in [1.82, 2.24) is 4.98 Å². The van der Waals surface area contributed by atoms with Gasteiger partial charge in [0.15, 0.2) is 0 Å². The second kappa shape index (κ2) is 4.18. The van der Waals surface area contributed by atoms with Gasteiger partial charge in [0, 0.05) is 13.2 Å². The van der Waals surface area contributed by atoms with Crippen LogP contribution in [0.5, 0.6) is 0 Å². The molecule has 1 N–H and O–H groups in total. The molecule has 0 saturated heterocycles. The Morgan fingerprint density at radius 3 is 2.67 bits per heavy atom. The Balaban J connectivity index is 3.10. The van der Waals surface area contributed by atoms with Crippen molar-refractivity contribution in [2.24, 2.45) is 0 Å². The Labute approximate surface area is 97.1 Å². The third kappa shape index (κ3) is 2.28. The Hall–Kier alpha value is -1.10. The van der Waals surface area contributed by atoms with E-state index in [0.717, 1.165) is 4.47 Å². The fraction of sp³-hybridized carbons (Fsp3) is 0.400. The van der Waals surface area contributed by atoms with E-state index in [1.807, 2.05) is 6.07 Å². The van der Waals surface area contributed by atoms with Gasteiger partial charge in [-0.2, -0.15) is 0 Å². The maximum atomic E-state index is 11.1. The predicted molar refractivity (Wildman–Crippen MR) is 62.1 cm³/mol. The molecule has 0 atom stereocenters. The number of halogens is 1. The number of pyridine rings is 1. The number of aliphatic carboxylic acids is 1. The van der Waals surface area contributed by atoms with Crippen molar-refractivity contribution in [2.75, 3.05) is 11.9 Å². The number of carboxylic acid groups (broad SMARTS) is 1. The standard InChI is InChI=1S/C10H13BrN2O2/c1-10(2,9(14)15)13(3)8-7(11)5-4-6-12-8/h4-6H,1-3H3,(H,14,15). The van der Waals surface area contributed by atoms with E-state index in [9.17, 15) is 4.79 Å². The number of carbonyl (C=O) groups is 1. The van der Waals surface area contributed by atoms with Gasteiger partial charge in [0.05, 0.1) is 4.47 Å². The molecule has 1 aromatic rings. The topological polar surface area (TPSA) is 53.4 Å². The molecule has 0 aliphatic heterocycles. The first-order chi connectivity index (χ1) is 6.87. The van der Waals surface area contributed by atoms with Gasteiger partial charge in [0.2, 0.25) is 0 Å². The molecule has 0 spiro atoms. The van der Waals surface area contributed by atoms with Crippen LogP contribution in [0.4, 0.5) is 5.82 Å². The summed E-state index contributed by atoms with van der Waals surface area (Å²) in [6, 6.07) is 3.62. The van der Waals surface area contributed by atoms with Crippen LogP contribution in [0, 0.1) is 0 Å². The second-order valence-electron chi connectivity index (χ2n) is 3.73. The van der Waals surface area contributed by atoms with Crippen LogP contribution in [0.15, 0.2) is 22.8 Å². The summed E-state index contributed by atoms with van der Waals surface area (Å²) in [6.45, 7) is 3.27. The highest BCUT2D eigenvalue weighted by molar-refractivity contribution is 9.10. The lowest BCUT2D eigenvalue weighted by molar-refractivity contribution is -0.142. The van der Waals surface area contributed by atoms with Crippen LogP contribution in [0.2, 0.25) is 0 Å². The second-order valence-corrected chi connectivity index (χ2v) is 4.59. The fourth-order valence-electron chi connectivity index (χ4n) is 1.03. The van der Waals surface area contributed by atoms with Gasteiger partial charge in [-0.05, 0) is 41.9 Å². The molecular formula is C10H13BrN2O2. The van der Waals surface area contributed by atoms with E-state index in [4.69, 9.17) is 5.11 Å². The largest absolute Gasteiger partial charge is 0.480 e. The zero-order chi connectivity index (χ0) is 11.6. The quantitative estimate of drug-likeness (QED) is 0.916. The Kier molecular flexibility index (Phi) is 3.34. The van der Waals surface area contributed by atoms with Gasteiger partial charge in [-0.15, -0.1) is 0 Å². The third-order valence-electron chi connectivity index (χ3n) is 2.42. The normalized spacial score (nSPS) is 11.2. The number of hydrogen-bond acceptors (Lipinski definition) is 3. The molecule has 0 unspecified atom stereocenters. The number of carboxylic acids is 1. The van der Waals surface area contributed by atoms with Crippen molar-refractivity contribution in [3.8, 4) is 0 Å². The first-order valence-electron chi connectivity index (χ1n) is 4.45. The number of anilines is 1. The number of hydrogen-bond donors (Lipinski definition) is 1. The lowest BCUT2D eigenvalue weighted by atomic mass is 10.0. The molecule has 1 aromatic heterocycles. The summed E-state index contributed by atoms with van der Waals surface area (Å²) >= 11 is 3.34. The smallest absolute Gasteiger partial charge is 0.328 e. The summed E-state index contributed by atoms with van der Waals surface area (Å²) in [5, 5.41) is 9.08. The molecule has 0 saturated carbocycles. The molecule has 5 heteroatoms. The third-order valence-corrected chi connectivity index (χ3v) is 3.04. The van der Waals surface area contributed by atoms with Crippen molar-refractivity contribution >= 4 is 27.7 Å². The molecule has 1 heterocycles. The van der Waals surface area contributed by atoms with Gasteiger partial charge < -0.3 is 10.0 Å². The van der Waals surface area contributed by atoms with E-state index in [1.54, 1.807) is 38.1 Å². The molecule has 0 aromatic carbocycles. The number of nitrogens with zero attached hydrogens (tertiary/aromatic N) is 2. The van der Waals surface area contributed by atoms with Crippen LogP contribution < -0.4 is 4.90 Å². The molecule has 4 nitrogen and oxygen atoms in total. The molecular weight excluding hydrogens is 260 g/mol. The fourth-order valence-corrected chi connectivity index (χ4v) is 1.55. The maximum Gasteiger partial charge on any atom is 0.328 e. The Morgan fingerprint density at radius 2 is 2.20 bits per heavy atom. The van der Waals surface area contributed by atoms with Crippen molar-refractivity contribution in [1.29, 1.82) is 0 Å². The molecule has 0 amide bonds. The van der Waals surface area contributed by atoms with Crippen molar-refractivity contribution < 1.29 is 9.90 Å². The average Bonchev–Trinajstić information content (AvgIpc) is 2.17. The van der Waals surface area contributed by atoms with Gasteiger partial charge in [-0.3, -0.25) is 0 Å². The Bertz CT molecular complexity index is 379. The van der Waals surface area contributed by atoms with Gasteiger partial charge in [-0.25, -0.2) is 9.78 Å². The van der Waals surface area contributed by atoms with E-state index in [-0.39, 0.29) is 0 Å². The van der Waals surface area contributed by atoms with E-state index in [1.165, 1.54) is 0 Å². The summed E-state index contributed by atoms with van der Waals surface area (Å²) < 4.78 is 0.779. The molecule has 82 valence electrons. The lowest BCUT2D eigenvalue weighted by Gasteiger charge is -2.32. The molecule has 15 heavy (non-hydrogen) atoms. The van der Waals surface area contributed by atoms with Gasteiger partial charge in [0.25, 0.3) is 0 Å². The first-order valence-corrected chi connectivity index (χ1v) is 5.24. The van der Waals surface area contributed by atoms with Crippen LogP contribution in [0.1, 0.15) is 13.8 Å². The van der Waals surface area contributed by atoms with E-state index in [0.29, 0.717) is 5.82 Å². The first kappa shape index (κ1) is 12.0. The van der Waals surface area contributed by atoms with Crippen molar-refractivity contribution in [3.63, 3.8) is 0 Å². The maximum absolute atomic E-state index is 11.1. The SMILES string of the molecule is CN(c1ncccc1Br)C(C)(C)C(=O)O. The zero-order valence-electron chi connectivity index (χ0n) is 8.86. The lowest BCUT2D eigenvalue weighted by Crippen LogP contribution is -2.48. The van der Waals surface area contributed by atoms with Crippen LogP contribution in [0.25, 0.3) is 0 Å².